The van der Waals surface area contributed by atoms with E-state index in [0.717, 1.165) is 13.0 Å². The number of halogens is 1. The molecule has 15 heavy (non-hydrogen) atoms. The molecule has 1 aromatic rings. The molecule has 1 unspecified atom stereocenters. The van der Waals surface area contributed by atoms with Gasteiger partial charge >= 0.3 is 0 Å². The fourth-order valence-corrected chi connectivity index (χ4v) is 1.35. The van der Waals surface area contributed by atoms with Crippen LogP contribution in [0.25, 0.3) is 0 Å². The number of tetrazole rings is 1. The average Bonchev–Trinajstić information content (AvgIpc) is 2.60. The second-order valence-electron chi connectivity index (χ2n) is 3.21. The third kappa shape index (κ3) is 5.06. The van der Waals surface area contributed by atoms with E-state index in [-0.39, 0.29) is 5.38 Å². The molecule has 0 spiro atoms. The summed E-state index contributed by atoms with van der Waals surface area (Å²) in [5.41, 5.74) is 0. The third-order valence-electron chi connectivity index (χ3n) is 1.81. The first-order chi connectivity index (χ1) is 7.22. The average molecular weight is 234 g/mol. The van der Waals surface area contributed by atoms with Gasteiger partial charge in [-0.2, -0.15) is 4.80 Å². The van der Waals surface area contributed by atoms with Crippen molar-refractivity contribution in [1.29, 1.82) is 0 Å². The number of alkyl halides is 1. The van der Waals surface area contributed by atoms with Gasteiger partial charge in [-0.1, -0.05) is 0 Å². The summed E-state index contributed by atoms with van der Waals surface area (Å²) < 4.78 is 4.92. The number of methoxy groups -OCH3 is 1. The van der Waals surface area contributed by atoms with Gasteiger partial charge in [0.15, 0.2) is 5.82 Å². The Morgan fingerprint density at radius 3 is 3.00 bits per heavy atom. The molecule has 6 nitrogen and oxygen atoms in total. The summed E-state index contributed by atoms with van der Waals surface area (Å²) in [6, 6.07) is 0. The number of hydrogen-bond donors (Lipinski definition) is 1. The summed E-state index contributed by atoms with van der Waals surface area (Å²) in [5, 5.41) is 14.9. The fourth-order valence-electron chi connectivity index (χ4n) is 1.12. The van der Waals surface area contributed by atoms with Gasteiger partial charge in [-0.3, -0.25) is 0 Å². The maximum atomic E-state index is 5.95. The van der Waals surface area contributed by atoms with Crippen LogP contribution in [-0.2, 0) is 18.3 Å². The van der Waals surface area contributed by atoms with Crippen molar-refractivity contribution in [2.75, 3.05) is 20.3 Å². The first-order valence-electron chi connectivity index (χ1n) is 4.79. The molecular formula is C8H16ClN5O. The highest BCUT2D eigenvalue weighted by molar-refractivity contribution is 6.20. The van der Waals surface area contributed by atoms with Gasteiger partial charge in [0.1, 0.15) is 0 Å². The van der Waals surface area contributed by atoms with E-state index < -0.39 is 0 Å². The lowest BCUT2D eigenvalue weighted by atomic mass is 10.3. The van der Waals surface area contributed by atoms with Crippen LogP contribution in [0.3, 0.4) is 0 Å². The van der Waals surface area contributed by atoms with Crippen molar-refractivity contribution >= 4 is 11.6 Å². The maximum Gasteiger partial charge on any atom is 0.188 e. The summed E-state index contributed by atoms with van der Waals surface area (Å²) in [6.07, 6.45) is 0.857. The summed E-state index contributed by atoms with van der Waals surface area (Å²) >= 11 is 5.95. The predicted molar refractivity (Wildman–Crippen MR) is 56.6 cm³/mol. The minimum Gasteiger partial charge on any atom is -0.383 e. The monoisotopic (exact) mass is 233 g/mol. The maximum absolute atomic E-state index is 5.95. The van der Waals surface area contributed by atoms with Crippen LogP contribution in [0.2, 0.25) is 0 Å². The van der Waals surface area contributed by atoms with Crippen LogP contribution in [0, 0.1) is 0 Å². The first kappa shape index (κ1) is 12.4. The van der Waals surface area contributed by atoms with E-state index in [1.165, 1.54) is 4.80 Å². The summed E-state index contributed by atoms with van der Waals surface area (Å²) in [5.74, 6) is 0.690. The Balaban J connectivity index is 2.06. The smallest absolute Gasteiger partial charge is 0.188 e. The lowest BCUT2D eigenvalue weighted by Crippen LogP contribution is -2.20. The first-order valence-corrected chi connectivity index (χ1v) is 5.22. The topological polar surface area (TPSA) is 64.9 Å². The molecule has 1 heterocycles. The van der Waals surface area contributed by atoms with Crippen LogP contribution >= 0.6 is 11.6 Å². The van der Waals surface area contributed by atoms with Gasteiger partial charge < -0.3 is 10.1 Å². The Hall–Kier alpha value is -0.720. The van der Waals surface area contributed by atoms with Crippen molar-refractivity contribution in [3.63, 3.8) is 0 Å². The lowest BCUT2D eigenvalue weighted by Gasteiger charge is -2.07. The normalized spacial score (nSPS) is 13.0. The van der Waals surface area contributed by atoms with Crippen molar-refractivity contribution in [1.82, 2.24) is 25.5 Å². The van der Waals surface area contributed by atoms with Crippen molar-refractivity contribution in [2.45, 2.75) is 18.3 Å². The molecule has 0 aromatic carbocycles. The predicted octanol–water partition coefficient (Wildman–Crippen LogP) is -0.0564. The van der Waals surface area contributed by atoms with E-state index in [0.29, 0.717) is 19.0 Å². The van der Waals surface area contributed by atoms with E-state index in [4.69, 9.17) is 16.3 Å². The number of nitrogens with one attached hydrogen (secondary N) is 1. The van der Waals surface area contributed by atoms with Crippen LogP contribution in [0.5, 0.6) is 0 Å². The highest BCUT2D eigenvalue weighted by atomic mass is 35.5. The number of rotatable bonds is 7. The second-order valence-corrected chi connectivity index (χ2v) is 3.83. The zero-order valence-electron chi connectivity index (χ0n) is 8.98. The highest BCUT2D eigenvalue weighted by Gasteiger charge is 2.04. The van der Waals surface area contributed by atoms with Gasteiger partial charge in [0.25, 0.3) is 0 Å². The Bertz CT molecular complexity index is 280. The van der Waals surface area contributed by atoms with Crippen molar-refractivity contribution in [2.24, 2.45) is 7.05 Å². The van der Waals surface area contributed by atoms with Gasteiger partial charge in [-0.15, -0.1) is 21.8 Å². The molecule has 1 aromatic heterocycles. The summed E-state index contributed by atoms with van der Waals surface area (Å²) in [7, 11) is 3.39. The van der Waals surface area contributed by atoms with E-state index in [1.807, 2.05) is 0 Å². The number of aromatic nitrogens is 4. The zero-order valence-corrected chi connectivity index (χ0v) is 9.74. The van der Waals surface area contributed by atoms with Crippen LogP contribution in [0.4, 0.5) is 0 Å². The van der Waals surface area contributed by atoms with E-state index in [9.17, 15) is 0 Å². The standard InChI is InChI=1S/C8H16ClN5O/c1-14-12-8(11-13-14)5-10-4-3-7(9)6-15-2/h7,10H,3-6H2,1-2H3. The highest BCUT2D eigenvalue weighted by Crippen LogP contribution is 2.00. The van der Waals surface area contributed by atoms with Gasteiger partial charge in [-0.05, 0) is 18.2 Å². The van der Waals surface area contributed by atoms with Crippen molar-refractivity contribution in [3.05, 3.63) is 5.82 Å². The van der Waals surface area contributed by atoms with Crippen LogP contribution in [0.1, 0.15) is 12.2 Å². The van der Waals surface area contributed by atoms with E-state index in [1.54, 1.807) is 14.2 Å². The molecule has 0 fully saturated rings. The van der Waals surface area contributed by atoms with Crippen LogP contribution < -0.4 is 5.32 Å². The quantitative estimate of drug-likeness (QED) is 0.528. The Kier molecular flexibility index (Phi) is 5.52. The summed E-state index contributed by atoms with van der Waals surface area (Å²) in [6.45, 7) is 2.01. The molecule has 0 aliphatic carbocycles. The molecule has 0 saturated heterocycles. The van der Waals surface area contributed by atoms with E-state index in [2.05, 4.69) is 20.7 Å². The molecule has 0 aliphatic heterocycles. The molecule has 7 heteroatoms. The minimum atomic E-state index is 0.0531. The minimum absolute atomic E-state index is 0.0531. The number of aryl methyl sites for hydroxylation is 1. The molecule has 0 radical (unpaired) electrons. The van der Waals surface area contributed by atoms with Gasteiger partial charge in [0.05, 0.1) is 25.6 Å². The molecule has 1 N–H and O–H groups in total. The second kappa shape index (κ2) is 6.71. The number of nitrogens with zero attached hydrogens (tertiary/aromatic N) is 4. The lowest BCUT2D eigenvalue weighted by molar-refractivity contribution is 0.195. The van der Waals surface area contributed by atoms with Crippen LogP contribution in [-0.4, -0.2) is 45.8 Å². The zero-order chi connectivity index (χ0) is 11.1. The molecule has 0 amide bonds. The Morgan fingerprint density at radius 1 is 1.60 bits per heavy atom. The van der Waals surface area contributed by atoms with Crippen LogP contribution in [0.15, 0.2) is 0 Å². The Morgan fingerprint density at radius 2 is 2.40 bits per heavy atom. The fraction of sp³-hybridized carbons (Fsp3) is 0.875. The van der Waals surface area contributed by atoms with E-state index >= 15 is 0 Å². The number of hydrogen-bond acceptors (Lipinski definition) is 5. The van der Waals surface area contributed by atoms with Gasteiger partial charge in [0, 0.05) is 7.11 Å². The molecule has 1 rings (SSSR count). The molecule has 1 atom stereocenters. The molecule has 0 saturated carbocycles. The molecule has 0 aliphatic rings. The largest absolute Gasteiger partial charge is 0.383 e. The van der Waals surface area contributed by atoms with Crippen molar-refractivity contribution in [3.8, 4) is 0 Å². The third-order valence-corrected chi connectivity index (χ3v) is 2.16. The molecule has 86 valence electrons. The van der Waals surface area contributed by atoms with Crippen molar-refractivity contribution < 1.29 is 4.74 Å². The molecule has 0 bridgehead atoms. The van der Waals surface area contributed by atoms with Gasteiger partial charge in [0.2, 0.25) is 0 Å². The SMILES string of the molecule is COCC(Cl)CCNCc1nnn(C)n1. The number of ether oxygens (including phenoxy) is 1. The molecular weight excluding hydrogens is 218 g/mol. The summed E-state index contributed by atoms with van der Waals surface area (Å²) in [4.78, 5) is 1.44. The van der Waals surface area contributed by atoms with Gasteiger partial charge in [-0.25, -0.2) is 0 Å². The Labute approximate surface area is 93.9 Å².